The average molecular weight is 406 g/mol. The first-order chi connectivity index (χ1) is 14.8. The molecular weight excluding hydrogens is 380 g/mol. The lowest BCUT2D eigenvalue weighted by molar-refractivity contribution is 0.122. The number of nitrogens with one attached hydrogen (secondary N) is 4. The first kappa shape index (κ1) is 18.9. The summed E-state index contributed by atoms with van der Waals surface area (Å²) in [5, 5.41) is 11.6. The number of benzene rings is 1. The molecule has 2 saturated heterocycles. The average Bonchev–Trinajstić information content (AvgIpc) is 3.28. The van der Waals surface area contributed by atoms with E-state index in [9.17, 15) is 4.79 Å². The molecule has 3 aromatic rings. The molecule has 4 N–H and O–H groups in total. The highest BCUT2D eigenvalue weighted by Crippen LogP contribution is 2.27. The number of hydrogen-bond acceptors (Lipinski definition) is 7. The molecular formula is C22H26N6O2. The van der Waals surface area contributed by atoms with E-state index in [1.54, 1.807) is 6.20 Å². The SMILES string of the molecule is O=c1[nH]ccc2cc(N[C@@H]3CCNC3)nc(Nc3ccc(N4CCOCC4)cc3)c12. The Morgan fingerprint density at radius 1 is 1.13 bits per heavy atom. The molecule has 0 radical (unpaired) electrons. The largest absolute Gasteiger partial charge is 0.378 e. The van der Waals surface area contributed by atoms with Crippen LogP contribution in [0.15, 0.2) is 47.4 Å². The summed E-state index contributed by atoms with van der Waals surface area (Å²) in [5.74, 6) is 1.33. The molecule has 5 rings (SSSR count). The predicted octanol–water partition coefficient (Wildman–Crippen LogP) is 2.28. The van der Waals surface area contributed by atoms with Crippen LogP contribution in [0.2, 0.25) is 0 Å². The second-order valence-corrected chi connectivity index (χ2v) is 7.73. The zero-order valence-electron chi connectivity index (χ0n) is 16.8. The second kappa shape index (κ2) is 8.33. The van der Waals surface area contributed by atoms with E-state index in [-0.39, 0.29) is 5.56 Å². The number of rotatable bonds is 5. The van der Waals surface area contributed by atoms with Gasteiger partial charge in [0, 0.05) is 43.2 Å². The normalized spacial score (nSPS) is 19.2. The number of H-pyrrole nitrogens is 1. The molecule has 2 aromatic heterocycles. The van der Waals surface area contributed by atoms with Gasteiger partial charge in [0.05, 0.1) is 18.6 Å². The molecule has 2 fully saturated rings. The number of ether oxygens (including phenoxy) is 1. The van der Waals surface area contributed by atoms with Crippen molar-refractivity contribution in [2.45, 2.75) is 12.5 Å². The standard InChI is InChI=1S/C22H26N6O2/c29-22-20-15(5-8-24-22)13-19(25-17-6-7-23-14-17)27-21(20)26-16-1-3-18(4-2-16)28-9-11-30-12-10-28/h1-5,8,13,17,23H,6-7,9-12,14H2,(H,24,29)(H2,25,26,27)/t17-/m1/s1. The van der Waals surface area contributed by atoms with Crippen molar-refractivity contribution < 1.29 is 4.74 Å². The predicted molar refractivity (Wildman–Crippen MR) is 120 cm³/mol. The van der Waals surface area contributed by atoms with Crippen molar-refractivity contribution in [1.29, 1.82) is 0 Å². The highest BCUT2D eigenvalue weighted by molar-refractivity contribution is 5.94. The van der Waals surface area contributed by atoms with Crippen molar-refractivity contribution in [2.24, 2.45) is 0 Å². The van der Waals surface area contributed by atoms with Gasteiger partial charge in [-0.3, -0.25) is 4.79 Å². The fraction of sp³-hybridized carbons (Fsp3) is 0.364. The van der Waals surface area contributed by atoms with Crippen LogP contribution in [0.25, 0.3) is 10.8 Å². The van der Waals surface area contributed by atoms with Gasteiger partial charge in [0.1, 0.15) is 11.6 Å². The molecule has 0 unspecified atom stereocenters. The topological polar surface area (TPSA) is 94.3 Å². The summed E-state index contributed by atoms with van der Waals surface area (Å²) in [6.07, 6.45) is 2.73. The summed E-state index contributed by atoms with van der Waals surface area (Å²) >= 11 is 0. The van der Waals surface area contributed by atoms with Crippen LogP contribution in [-0.4, -0.2) is 55.4 Å². The van der Waals surface area contributed by atoms with E-state index in [4.69, 9.17) is 9.72 Å². The highest BCUT2D eigenvalue weighted by Gasteiger charge is 2.17. The van der Waals surface area contributed by atoms with Crippen molar-refractivity contribution >= 4 is 33.8 Å². The fourth-order valence-electron chi connectivity index (χ4n) is 4.08. The Hall–Kier alpha value is -3.10. The van der Waals surface area contributed by atoms with Gasteiger partial charge in [0.2, 0.25) is 0 Å². The van der Waals surface area contributed by atoms with E-state index < -0.39 is 0 Å². The van der Waals surface area contributed by atoms with Gasteiger partial charge >= 0.3 is 0 Å². The Morgan fingerprint density at radius 3 is 2.73 bits per heavy atom. The van der Waals surface area contributed by atoms with Crippen LogP contribution in [0.4, 0.5) is 23.0 Å². The smallest absolute Gasteiger partial charge is 0.259 e. The Bertz CT molecular complexity index is 1070. The third kappa shape index (κ3) is 3.96. The van der Waals surface area contributed by atoms with Gasteiger partial charge in [0.15, 0.2) is 0 Å². The summed E-state index contributed by atoms with van der Waals surface area (Å²) < 4.78 is 5.43. The molecule has 0 aliphatic carbocycles. The Labute approximate surface area is 174 Å². The molecule has 2 aliphatic heterocycles. The van der Waals surface area contributed by atoms with Gasteiger partial charge in [-0.05, 0) is 54.8 Å². The van der Waals surface area contributed by atoms with Crippen molar-refractivity contribution in [2.75, 3.05) is 54.9 Å². The van der Waals surface area contributed by atoms with Crippen LogP contribution in [0.1, 0.15) is 6.42 Å². The third-order valence-electron chi connectivity index (χ3n) is 5.67. The molecule has 1 aromatic carbocycles. The summed E-state index contributed by atoms with van der Waals surface area (Å²) in [7, 11) is 0. The lowest BCUT2D eigenvalue weighted by Crippen LogP contribution is -2.36. The van der Waals surface area contributed by atoms with Gasteiger partial charge in [0.25, 0.3) is 5.56 Å². The molecule has 2 aliphatic rings. The van der Waals surface area contributed by atoms with Crippen molar-refractivity contribution in [1.82, 2.24) is 15.3 Å². The van der Waals surface area contributed by atoms with Gasteiger partial charge in [-0.2, -0.15) is 0 Å². The van der Waals surface area contributed by atoms with E-state index in [0.29, 0.717) is 17.2 Å². The number of hydrogen-bond donors (Lipinski definition) is 4. The molecule has 0 bridgehead atoms. The maximum absolute atomic E-state index is 12.5. The first-order valence-electron chi connectivity index (χ1n) is 10.5. The summed E-state index contributed by atoms with van der Waals surface area (Å²) in [5.41, 5.74) is 1.91. The van der Waals surface area contributed by atoms with E-state index >= 15 is 0 Å². The molecule has 0 spiro atoms. The number of nitrogens with zero attached hydrogens (tertiary/aromatic N) is 2. The molecule has 0 saturated carbocycles. The molecule has 4 heterocycles. The fourth-order valence-corrected chi connectivity index (χ4v) is 4.08. The van der Waals surface area contributed by atoms with Crippen molar-refractivity contribution in [3.63, 3.8) is 0 Å². The van der Waals surface area contributed by atoms with Crippen LogP contribution in [0.5, 0.6) is 0 Å². The third-order valence-corrected chi connectivity index (χ3v) is 5.67. The van der Waals surface area contributed by atoms with E-state index in [2.05, 4.69) is 38.0 Å². The van der Waals surface area contributed by atoms with Crippen LogP contribution in [0, 0.1) is 0 Å². The van der Waals surface area contributed by atoms with Crippen molar-refractivity contribution in [3.05, 3.63) is 52.9 Å². The lowest BCUT2D eigenvalue weighted by atomic mass is 10.2. The minimum Gasteiger partial charge on any atom is -0.378 e. The van der Waals surface area contributed by atoms with Gasteiger partial charge in [-0.25, -0.2) is 4.98 Å². The van der Waals surface area contributed by atoms with Crippen molar-refractivity contribution in [3.8, 4) is 0 Å². The van der Waals surface area contributed by atoms with Gasteiger partial charge in [-0.15, -0.1) is 0 Å². The monoisotopic (exact) mass is 406 g/mol. The van der Waals surface area contributed by atoms with Crippen LogP contribution < -0.4 is 26.4 Å². The number of anilines is 4. The summed E-state index contributed by atoms with van der Waals surface area (Å²) in [6.45, 7) is 5.24. The number of fused-ring (bicyclic) bond motifs is 1. The number of pyridine rings is 2. The maximum atomic E-state index is 12.5. The summed E-state index contributed by atoms with van der Waals surface area (Å²) in [4.78, 5) is 22.3. The number of aromatic amines is 1. The molecule has 0 amide bonds. The Balaban J connectivity index is 1.44. The Kier molecular flexibility index (Phi) is 5.25. The minimum atomic E-state index is -0.151. The molecule has 8 nitrogen and oxygen atoms in total. The van der Waals surface area contributed by atoms with E-state index in [1.807, 2.05) is 24.3 Å². The van der Waals surface area contributed by atoms with Gasteiger partial charge in [-0.1, -0.05) is 0 Å². The summed E-state index contributed by atoms with van der Waals surface area (Å²) in [6, 6.07) is 12.4. The van der Waals surface area contributed by atoms with E-state index in [1.165, 1.54) is 5.69 Å². The number of aromatic nitrogens is 2. The molecule has 156 valence electrons. The highest BCUT2D eigenvalue weighted by atomic mass is 16.5. The van der Waals surface area contributed by atoms with E-state index in [0.717, 1.165) is 62.7 Å². The van der Waals surface area contributed by atoms with Gasteiger partial charge < -0.3 is 30.6 Å². The zero-order valence-corrected chi connectivity index (χ0v) is 16.8. The van der Waals surface area contributed by atoms with Crippen LogP contribution >= 0.6 is 0 Å². The second-order valence-electron chi connectivity index (χ2n) is 7.73. The maximum Gasteiger partial charge on any atom is 0.259 e. The molecule has 30 heavy (non-hydrogen) atoms. The molecule has 1 atom stereocenters. The quantitative estimate of drug-likeness (QED) is 0.516. The molecule has 8 heteroatoms. The Morgan fingerprint density at radius 2 is 1.97 bits per heavy atom. The lowest BCUT2D eigenvalue weighted by Gasteiger charge is -2.29. The number of morpholine rings is 1. The zero-order chi connectivity index (χ0) is 20.3. The van der Waals surface area contributed by atoms with Crippen LogP contribution in [-0.2, 0) is 4.74 Å². The van der Waals surface area contributed by atoms with Crippen LogP contribution in [0.3, 0.4) is 0 Å². The minimum absolute atomic E-state index is 0.151. The first-order valence-corrected chi connectivity index (χ1v) is 10.5.